The molecule has 8 heteroatoms. The van der Waals surface area contributed by atoms with E-state index in [0.717, 1.165) is 22.1 Å². The molecule has 0 unspecified atom stereocenters. The Morgan fingerprint density at radius 3 is 2.32 bits per heavy atom. The van der Waals surface area contributed by atoms with E-state index in [1.807, 2.05) is 32.0 Å². The van der Waals surface area contributed by atoms with Gasteiger partial charge in [-0.1, -0.05) is 17.8 Å². The van der Waals surface area contributed by atoms with Crippen LogP contribution in [-0.4, -0.2) is 13.3 Å². The first kappa shape index (κ1) is 16.5. The molecular formula is C14H14N2O4S2. The maximum atomic E-state index is 11.3. The molecule has 0 saturated heterocycles. The van der Waals surface area contributed by atoms with Gasteiger partial charge in [0.15, 0.2) is 0 Å². The Morgan fingerprint density at radius 2 is 1.77 bits per heavy atom. The fourth-order valence-electron chi connectivity index (χ4n) is 1.81. The molecule has 0 fully saturated rings. The maximum Gasteiger partial charge on any atom is 0.284 e. The highest BCUT2D eigenvalue weighted by atomic mass is 32.2. The molecule has 116 valence electrons. The standard InChI is InChI=1S/C14H14N2O4S2/c1-9-3-4-11(7-10(9)2)21-14-6-5-12(22(15,19)20)8-13(14)16(17)18/h3-8H,1-2H3,(H2,15,19,20). The molecule has 0 aliphatic rings. The number of nitrogens with zero attached hydrogens (tertiary/aromatic N) is 1. The van der Waals surface area contributed by atoms with Crippen molar-refractivity contribution < 1.29 is 13.3 Å². The Morgan fingerprint density at radius 1 is 1.09 bits per heavy atom. The van der Waals surface area contributed by atoms with Gasteiger partial charge in [-0.3, -0.25) is 10.1 Å². The lowest BCUT2D eigenvalue weighted by Crippen LogP contribution is -2.12. The third kappa shape index (κ3) is 3.65. The number of nitro groups is 1. The average Bonchev–Trinajstić information content (AvgIpc) is 2.42. The summed E-state index contributed by atoms with van der Waals surface area (Å²) >= 11 is 1.21. The van der Waals surface area contributed by atoms with Crippen LogP contribution in [0.1, 0.15) is 11.1 Å². The summed E-state index contributed by atoms with van der Waals surface area (Å²) in [5, 5.41) is 16.2. The number of hydrogen-bond acceptors (Lipinski definition) is 5. The smallest absolute Gasteiger partial charge is 0.258 e. The topological polar surface area (TPSA) is 103 Å². The Bertz CT molecular complexity index is 848. The number of benzene rings is 2. The number of primary sulfonamides is 1. The molecule has 0 bridgehead atoms. The summed E-state index contributed by atoms with van der Waals surface area (Å²) in [6, 6.07) is 9.38. The van der Waals surface area contributed by atoms with Crippen LogP contribution in [0, 0.1) is 24.0 Å². The van der Waals surface area contributed by atoms with Crippen LogP contribution in [0.15, 0.2) is 51.1 Å². The molecule has 2 N–H and O–H groups in total. The van der Waals surface area contributed by atoms with Crippen molar-refractivity contribution >= 4 is 27.5 Å². The van der Waals surface area contributed by atoms with Crippen LogP contribution in [0.2, 0.25) is 0 Å². The average molecular weight is 338 g/mol. The van der Waals surface area contributed by atoms with Crippen LogP contribution >= 0.6 is 11.8 Å². The van der Waals surface area contributed by atoms with Crippen LogP contribution < -0.4 is 5.14 Å². The summed E-state index contributed by atoms with van der Waals surface area (Å²) in [4.78, 5) is 11.5. The van der Waals surface area contributed by atoms with Crippen LogP contribution in [0.25, 0.3) is 0 Å². The van der Waals surface area contributed by atoms with Crippen molar-refractivity contribution in [3.8, 4) is 0 Å². The van der Waals surface area contributed by atoms with E-state index in [9.17, 15) is 18.5 Å². The van der Waals surface area contributed by atoms with Gasteiger partial charge in [-0.15, -0.1) is 0 Å². The second-order valence-corrected chi connectivity index (χ2v) is 7.46. The zero-order valence-electron chi connectivity index (χ0n) is 11.9. The van der Waals surface area contributed by atoms with Crippen molar-refractivity contribution in [2.45, 2.75) is 28.5 Å². The monoisotopic (exact) mass is 338 g/mol. The summed E-state index contributed by atoms with van der Waals surface area (Å²) in [6.07, 6.45) is 0. The highest BCUT2D eigenvalue weighted by Gasteiger charge is 2.19. The molecule has 0 radical (unpaired) electrons. The molecule has 0 saturated carbocycles. The molecule has 0 amide bonds. The number of hydrogen-bond donors (Lipinski definition) is 1. The van der Waals surface area contributed by atoms with Gasteiger partial charge in [-0.2, -0.15) is 0 Å². The number of aryl methyl sites for hydroxylation is 2. The van der Waals surface area contributed by atoms with Gasteiger partial charge in [0.1, 0.15) is 0 Å². The van der Waals surface area contributed by atoms with Gasteiger partial charge in [0.25, 0.3) is 5.69 Å². The van der Waals surface area contributed by atoms with Crippen LogP contribution in [0.5, 0.6) is 0 Å². The summed E-state index contributed by atoms with van der Waals surface area (Å²) in [5.41, 5.74) is 1.92. The third-order valence-electron chi connectivity index (χ3n) is 3.16. The Labute approximate surface area is 132 Å². The van der Waals surface area contributed by atoms with Gasteiger partial charge < -0.3 is 0 Å². The van der Waals surface area contributed by atoms with E-state index in [1.165, 1.54) is 23.9 Å². The van der Waals surface area contributed by atoms with Crippen molar-refractivity contribution in [1.29, 1.82) is 0 Å². The Hall–Kier alpha value is -1.90. The minimum absolute atomic E-state index is 0.274. The van der Waals surface area contributed by atoms with Gasteiger partial charge >= 0.3 is 0 Å². The number of nitrogens with two attached hydrogens (primary N) is 1. The van der Waals surface area contributed by atoms with Crippen molar-refractivity contribution in [3.05, 3.63) is 57.6 Å². The van der Waals surface area contributed by atoms with Gasteiger partial charge in [-0.25, -0.2) is 13.6 Å². The number of rotatable bonds is 4. The second kappa shape index (κ2) is 6.07. The fourth-order valence-corrected chi connectivity index (χ4v) is 3.34. The highest BCUT2D eigenvalue weighted by Crippen LogP contribution is 2.36. The van der Waals surface area contributed by atoms with Crippen LogP contribution in [0.3, 0.4) is 0 Å². The first-order valence-electron chi connectivity index (χ1n) is 6.25. The molecule has 6 nitrogen and oxygen atoms in total. The van der Waals surface area contributed by atoms with Gasteiger partial charge in [-0.05, 0) is 49.2 Å². The first-order valence-corrected chi connectivity index (χ1v) is 8.61. The van der Waals surface area contributed by atoms with Crippen LogP contribution in [-0.2, 0) is 10.0 Å². The van der Waals surface area contributed by atoms with E-state index < -0.39 is 14.9 Å². The van der Waals surface area contributed by atoms with Crippen molar-refractivity contribution in [2.24, 2.45) is 5.14 Å². The molecule has 0 aliphatic heterocycles. The van der Waals surface area contributed by atoms with E-state index >= 15 is 0 Å². The lowest BCUT2D eigenvalue weighted by atomic mass is 10.1. The van der Waals surface area contributed by atoms with Crippen molar-refractivity contribution in [2.75, 3.05) is 0 Å². The molecule has 2 rings (SSSR count). The molecule has 2 aromatic rings. The lowest BCUT2D eigenvalue weighted by Gasteiger charge is -2.07. The Kier molecular flexibility index (Phi) is 4.55. The van der Waals surface area contributed by atoms with Gasteiger partial charge in [0.2, 0.25) is 10.0 Å². The Balaban J connectivity index is 2.46. The summed E-state index contributed by atoms with van der Waals surface area (Å²) < 4.78 is 22.6. The fraction of sp³-hybridized carbons (Fsp3) is 0.143. The lowest BCUT2D eigenvalue weighted by molar-refractivity contribution is -0.388. The normalized spacial score (nSPS) is 11.4. The van der Waals surface area contributed by atoms with E-state index in [-0.39, 0.29) is 10.6 Å². The summed E-state index contributed by atoms with van der Waals surface area (Å²) in [6.45, 7) is 3.94. The zero-order valence-corrected chi connectivity index (χ0v) is 13.6. The number of sulfonamides is 1. The third-order valence-corrected chi connectivity index (χ3v) is 5.13. The first-order chi connectivity index (χ1) is 10.2. The predicted molar refractivity (Wildman–Crippen MR) is 84.5 cm³/mol. The van der Waals surface area contributed by atoms with E-state index in [0.29, 0.717) is 4.90 Å². The summed E-state index contributed by atoms with van der Waals surface area (Å²) in [5.74, 6) is 0. The van der Waals surface area contributed by atoms with E-state index in [4.69, 9.17) is 5.14 Å². The summed E-state index contributed by atoms with van der Waals surface area (Å²) in [7, 11) is -3.97. The van der Waals surface area contributed by atoms with E-state index in [2.05, 4.69) is 0 Å². The molecule has 0 aliphatic carbocycles. The second-order valence-electron chi connectivity index (χ2n) is 4.78. The minimum Gasteiger partial charge on any atom is -0.258 e. The molecule has 0 spiro atoms. The number of nitro benzene ring substituents is 1. The van der Waals surface area contributed by atoms with Gasteiger partial charge in [0.05, 0.1) is 14.7 Å². The molecule has 0 aromatic heterocycles. The molecule has 22 heavy (non-hydrogen) atoms. The largest absolute Gasteiger partial charge is 0.284 e. The van der Waals surface area contributed by atoms with Crippen LogP contribution in [0.4, 0.5) is 5.69 Å². The maximum absolute atomic E-state index is 11.3. The predicted octanol–water partition coefficient (Wildman–Crippen LogP) is 3.01. The zero-order chi connectivity index (χ0) is 16.5. The molecular weight excluding hydrogens is 324 g/mol. The van der Waals surface area contributed by atoms with Crippen molar-refractivity contribution in [1.82, 2.24) is 0 Å². The van der Waals surface area contributed by atoms with Gasteiger partial charge in [0, 0.05) is 11.0 Å². The van der Waals surface area contributed by atoms with E-state index in [1.54, 1.807) is 0 Å². The molecule has 0 heterocycles. The quantitative estimate of drug-likeness (QED) is 0.682. The SMILES string of the molecule is Cc1ccc(Sc2ccc(S(N)(=O)=O)cc2[N+](=O)[O-])cc1C. The molecule has 0 atom stereocenters. The molecule has 2 aromatic carbocycles. The van der Waals surface area contributed by atoms with Crippen molar-refractivity contribution in [3.63, 3.8) is 0 Å². The highest BCUT2D eigenvalue weighted by molar-refractivity contribution is 7.99. The minimum atomic E-state index is -3.97.